The zero-order chi connectivity index (χ0) is 14.5. The van der Waals surface area contributed by atoms with Crippen LogP contribution in [0.1, 0.15) is 42.4 Å². The number of rotatable bonds is 6. The van der Waals surface area contributed by atoms with Gasteiger partial charge in [0.05, 0.1) is 23.6 Å². The first-order chi connectivity index (χ1) is 9.67. The van der Waals surface area contributed by atoms with E-state index in [9.17, 15) is 0 Å². The summed E-state index contributed by atoms with van der Waals surface area (Å²) in [6.45, 7) is 6.96. The highest BCUT2D eigenvalue weighted by Crippen LogP contribution is 2.21. The van der Waals surface area contributed by atoms with Crippen LogP contribution in [-0.4, -0.2) is 20.0 Å². The van der Waals surface area contributed by atoms with Crippen molar-refractivity contribution in [3.63, 3.8) is 0 Å². The number of nitrogens with two attached hydrogens (primary N) is 1. The van der Waals surface area contributed by atoms with Crippen LogP contribution in [0.2, 0.25) is 0 Å². The lowest BCUT2D eigenvalue weighted by atomic mass is 9.98. The molecule has 2 aromatic rings. The number of hydrazine groups is 1. The predicted molar refractivity (Wildman–Crippen MR) is 77.8 cm³/mol. The molecule has 0 aliphatic rings. The Hall–Kier alpha value is -1.79. The first-order valence-electron chi connectivity index (χ1n) is 6.98. The molecular formula is C14H22N6. The van der Waals surface area contributed by atoms with Crippen molar-refractivity contribution >= 4 is 0 Å². The molecule has 0 aromatic carbocycles. The molecule has 0 bridgehead atoms. The molecule has 0 aliphatic carbocycles. The summed E-state index contributed by atoms with van der Waals surface area (Å²) in [4.78, 5) is 0. The van der Waals surface area contributed by atoms with E-state index in [1.807, 2.05) is 17.8 Å². The van der Waals surface area contributed by atoms with Gasteiger partial charge in [0.1, 0.15) is 0 Å². The van der Waals surface area contributed by atoms with E-state index < -0.39 is 0 Å². The fourth-order valence-electron chi connectivity index (χ4n) is 2.29. The fraction of sp³-hybridized carbons (Fsp3) is 0.500. The van der Waals surface area contributed by atoms with E-state index in [0.717, 1.165) is 41.9 Å². The van der Waals surface area contributed by atoms with E-state index in [1.54, 1.807) is 0 Å². The summed E-state index contributed by atoms with van der Waals surface area (Å²) >= 11 is 0. The molecule has 2 heterocycles. The summed E-state index contributed by atoms with van der Waals surface area (Å²) in [7, 11) is 0. The van der Waals surface area contributed by atoms with E-state index in [4.69, 9.17) is 5.84 Å². The molecule has 2 rings (SSSR count). The Morgan fingerprint density at radius 3 is 2.75 bits per heavy atom. The Morgan fingerprint density at radius 1 is 1.35 bits per heavy atom. The Labute approximate surface area is 119 Å². The zero-order valence-electron chi connectivity index (χ0n) is 12.3. The number of nitrogens with zero attached hydrogens (tertiary/aromatic N) is 4. The molecule has 0 amide bonds. The summed E-state index contributed by atoms with van der Waals surface area (Å²) in [5.41, 5.74) is 7.06. The van der Waals surface area contributed by atoms with Crippen LogP contribution in [0.4, 0.5) is 0 Å². The van der Waals surface area contributed by atoms with Crippen LogP contribution < -0.4 is 11.3 Å². The Morgan fingerprint density at radius 2 is 2.15 bits per heavy atom. The smallest absolute Gasteiger partial charge is 0.0676 e. The highest BCUT2D eigenvalue weighted by atomic mass is 15.3. The molecule has 108 valence electrons. The molecule has 3 N–H and O–H groups in total. The third kappa shape index (κ3) is 3.20. The van der Waals surface area contributed by atoms with Crippen LogP contribution in [0, 0.1) is 6.92 Å². The van der Waals surface area contributed by atoms with Crippen molar-refractivity contribution in [2.24, 2.45) is 5.84 Å². The van der Waals surface area contributed by atoms with Crippen LogP contribution in [0.25, 0.3) is 0 Å². The summed E-state index contributed by atoms with van der Waals surface area (Å²) in [5.74, 6) is 5.74. The normalized spacial score (nSPS) is 12.6. The maximum atomic E-state index is 5.74. The van der Waals surface area contributed by atoms with Gasteiger partial charge in [0.15, 0.2) is 0 Å². The lowest BCUT2D eigenvalue weighted by molar-refractivity contribution is 0.541. The number of hydrogen-bond donors (Lipinski definition) is 2. The van der Waals surface area contributed by atoms with Gasteiger partial charge in [-0.15, -0.1) is 0 Å². The molecular weight excluding hydrogens is 252 g/mol. The molecule has 0 spiro atoms. The topological polar surface area (TPSA) is 81.7 Å². The first kappa shape index (κ1) is 14.6. The first-order valence-corrected chi connectivity index (χ1v) is 6.98. The van der Waals surface area contributed by atoms with Gasteiger partial charge in [0, 0.05) is 12.7 Å². The average Bonchev–Trinajstić information content (AvgIpc) is 2.92. The second-order valence-electron chi connectivity index (χ2n) is 4.87. The number of aromatic nitrogens is 4. The van der Waals surface area contributed by atoms with Gasteiger partial charge < -0.3 is 0 Å². The minimum absolute atomic E-state index is 0.0219. The average molecular weight is 274 g/mol. The van der Waals surface area contributed by atoms with Crippen LogP contribution >= 0.6 is 0 Å². The molecule has 0 fully saturated rings. The van der Waals surface area contributed by atoms with E-state index >= 15 is 0 Å². The molecule has 1 atom stereocenters. The second kappa shape index (κ2) is 6.58. The molecule has 0 saturated heterocycles. The zero-order valence-corrected chi connectivity index (χ0v) is 12.3. The van der Waals surface area contributed by atoms with Gasteiger partial charge in [-0.2, -0.15) is 15.3 Å². The molecule has 0 radical (unpaired) electrons. The SMILES string of the molecule is CCc1nnc(C)cc1C(Cc1cnn(CC)c1)NN. The van der Waals surface area contributed by atoms with Gasteiger partial charge in [-0.3, -0.25) is 16.0 Å². The van der Waals surface area contributed by atoms with E-state index in [2.05, 4.69) is 46.8 Å². The van der Waals surface area contributed by atoms with E-state index in [0.29, 0.717) is 0 Å². The standard InChI is InChI=1S/C14H22N6/c1-4-13-12(6-10(3)18-19-13)14(17-15)7-11-8-16-20(5-2)9-11/h6,8-9,14,17H,4-5,7,15H2,1-3H3. The maximum Gasteiger partial charge on any atom is 0.0676 e. The largest absolute Gasteiger partial charge is 0.273 e. The minimum atomic E-state index is 0.0219. The Bertz CT molecular complexity index is 563. The third-order valence-corrected chi connectivity index (χ3v) is 3.39. The van der Waals surface area contributed by atoms with Gasteiger partial charge >= 0.3 is 0 Å². The van der Waals surface area contributed by atoms with E-state index in [1.165, 1.54) is 0 Å². The van der Waals surface area contributed by atoms with Crippen molar-refractivity contribution in [1.82, 2.24) is 25.4 Å². The quantitative estimate of drug-likeness (QED) is 0.613. The molecule has 0 aliphatic heterocycles. The highest BCUT2D eigenvalue weighted by molar-refractivity contribution is 5.26. The summed E-state index contributed by atoms with van der Waals surface area (Å²) in [6, 6.07) is 2.08. The number of aryl methyl sites for hydroxylation is 3. The van der Waals surface area contributed by atoms with Gasteiger partial charge in [0.25, 0.3) is 0 Å². The second-order valence-corrected chi connectivity index (χ2v) is 4.87. The number of hydrogen-bond acceptors (Lipinski definition) is 5. The Balaban J connectivity index is 2.25. The maximum absolute atomic E-state index is 5.74. The van der Waals surface area contributed by atoms with Gasteiger partial charge in [-0.05, 0) is 43.9 Å². The molecule has 6 heteroatoms. The lowest BCUT2D eigenvalue weighted by Crippen LogP contribution is -2.30. The number of nitrogens with one attached hydrogen (secondary N) is 1. The molecule has 20 heavy (non-hydrogen) atoms. The van der Waals surface area contributed by atoms with Crippen LogP contribution in [-0.2, 0) is 19.4 Å². The van der Waals surface area contributed by atoms with Crippen molar-refractivity contribution in [1.29, 1.82) is 0 Å². The van der Waals surface area contributed by atoms with Crippen LogP contribution in [0.15, 0.2) is 18.5 Å². The van der Waals surface area contributed by atoms with Crippen molar-refractivity contribution in [3.05, 3.63) is 41.0 Å². The fourth-order valence-corrected chi connectivity index (χ4v) is 2.29. The third-order valence-electron chi connectivity index (χ3n) is 3.39. The minimum Gasteiger partial charge on any atom is -0.273 e. The monoisotopic (exact) mass is 274 g/mol. The van der Waals surface area contributed by atoms with Crippen molar-refractivity contribution in [2.45, 2.75) is 46.2 Å². The lowest BCUT2D eigenvalue weighted by Gasteiger charge is -2.18. The van der Waals surface area contributed by atoms with Crippen LogP contribution in [0.5, 0.6) is 0 Å². The van der Waals surface area contributed by atoms with Gasteiger partial charge in [-0.25, -0.2) is 0 Å². The Kier molecular flexibility index (Phi) is 4.81. The summed E-state index contributed by atoms with van der Waals surface area (Å²) in [6.07, 6.45) is 5.57. The summed E-state index contributed by atoms with van der Waals surface area (Å²) in [5, 5.41) is 12.7. The summed E-state index contributed by atoms with van der Waals surface area (Å²) < 4.78 is 1.92. The van der Waals surface area contributed by atoms with Gasteiger partial charge in [0.2, 0.25) is 0 Å². The van der Waals surface area contributed by atoms with Gasteiger partial charge in [-0.1, -0.05) is 6.92 Å². The van der Waals surface area contributed by atoms with Crippen molar-refractivity contribution < 1.29 is 0 Å². The predicted octanol–water partition coefficient (Wildman–Crippen LogP) is 1.31. The molecule has 1 unspecified atom stereocenters. The molecule has 0 saturated carbocycles. The van der Waals surface area contributed by atoms with Crippen molar-refractivity contribution in [2.75, 3.05) is 0 Å². The highest BCUT2D eigenvalue weighted by Gasteiger charge is 2.16. The van der Waals surface area contributed by atoms with Crippen molar-refractivity contribution in [3.8, 4) is 0 Å². The molecule has 2 aromatic heterocycles. The molecule has 6 nitrogen and oxygen atoms in total. The van der Waals surface area contributed by atoms with Crippen LogP contribution in [0.3, 0.4) is 0 Å². The van der Waals surface area contributed by atoms with E-state index in [-0.39, 0.29) is 6.04 Å².